The lowest BCUT2D eigenvalue weighted by atomic mass is 10.1. The lowest BCUT2D eigenvalue weighted by molar-refractivity contribution is -0.147. The number of hydrogen-bond acceptors (Lipinski definition) is 5. The summed E-state index contributed by atoms with van der Waals surface area (Å²) in [5.41, 5.74) is 1.92. The summed E-state index contributed by atoms with van der Waals surface area (Å²) in [5.74, 6) is -1.07. The van der Waals surface area contributed by atoms with E-state index in [0.717, 1.165) is 11.1 Å². The predicted octanol–water partition coefficient (Wildman–Crippen LogP) is 1.61. The molecule has 0 saturated carbocycles. The standard InChI is InChI=1S/C23H25N3O4S/c27-20(15-18-9-5-2-6-10-18)25-23(31)26-13-12-24-22(29)19(26)16-21(28)30-14-11-17-7-3-1-4-8-17/h1-10,19H,11-16H2,(H,24,29)(H,25,27,31). The molecule has 31 heavy (non-hydrogen) atoms. The van der Waals surface area contributed by atoms with Gasteiger partial charge in [-0.2, -0.15) is 0 Å². The van der Waals surface area contributed by atoms with Crippen LogP contribution in [0.5, 0.6) is 0 Å². The van der Waals surface area contributed by atoms with Gasteiger partial charge in [-0.3, -0.25) is 14.4 Å². The lowest BCUT2D eigenvalue weighted by Crippen LogP contribution is -2.60. The van der Waals surface area contributed by atoms with Crippen molar-refractivity contribution in [1.82, 2.24) is 15.5 Å². The minimum absolute atomic E-state index is 0.137. The fraction of sp³-hybridized carbons (Fsp3) is 0.304. The molecule has 162 valence electrons. The number of amides is 2. The second-order valence-corrected chi connectivity index (χ2v) is 7.56. The van der Waals surface area contributed by atoms with E-state index in [9.17, 15) is 14.4 Å². The van der Waals surface area contributed by atoms with Gasteiger partial charge in [0, 0.05) is 19.5 Å². The number of carbonyl (C=O) groups is 3. The van der Waals surface area contributed by atoms with Gasteiger partial charge in [0.25, 0.3) is 0 Å². The Hall–Kier alpha value is -3.26. The van der Waals surface area contributed by atoms with E-state index in [-0.39, 0.29) is 36.4 Å². The van der Waals surface area contributed by atoms with Gasteiger partial charge >= 0.3 is 5.97 Å². The van der Waals surface area contributed by atoms with Crippen LogP contribution in [0.25, 0.3) is 0 Å². The molecular weight excluding hydrogens is 414 g/mol. The summed E-state index contributed by atoms with van der Waals surface area (Å²) < 4.78 is 5.31. The number of nitrogens with zero attached hydrogens (tertiary/aromatic N) is 1. The normalized spacial score (nSPS) is 15.7. The highest BCUT2D eigenvalue weighted by atomic mass is 32.1. The summed E-state index contributed by atoms with van der Waals surface area (Å²) >= 11 is 5.36. The van der Waals surface area contributed by atoms with Crippen LogP contribution in [0.4, 0.5) is 0 Å². The van der Waals surface area contributed by atoms with Crippen molar-refractivity contribution in [1.29, 1.82) is 0 Å². The van der Waals surface area contributed by atoms with E-state index in [4.69, 9.17) is 17.0 Å². The number of thiocarbonyl (C=S) groups is 1. The second kappa shape index (κ2) is 11.2. The van der Waals surface area contributed by atoms with Crippen LogP contribution < -0.4 is 10.6 Å². The Morgan fingerprint density at radius 3 is 2.39 bits per heavy atom. The van der Waals surface area contributed by atoms with Gasteiger partial charge in [-0.15, -0.1) is 0 Å². The molecule has 1 fully saturated rings. The summed E-state index contributed by atoms with van der Waals surface area (Å²) in [4.78, 5) is 38.6. The minimum atomic E-state index is -0.817. The average molecular weight is 440 g/mol. The number of carbonyl (C=O) groups excluding carboxylic acids is 3. The SMILES string of the molecule is O=C(Cc1ccccc1)NC(=S)N1CCNC(=O)C1CC(=O)OCCc1ccccc1. The Balaban J connectivity index is 1.52. The number of esters is 1. The van der Waals surface area contributed by atoms with Crippen LogP contribution in [0, 0.1) is 0 Å². The van der Waals surface area contributed by atoms with Gasteiger partial charge in [0.1, 0.15) is 6.04 Å². The van der Waals surface area contributed by atoms with Crippen LogP contribution >= 0.6 is 12.2 Å². The van der Waals surface area contributed by atoms with Gasteiger partial charge in [0.15, 0.2) is 5.11 Å². The van der Waals surface area contributed by atoms with Crippen LogP contribution in [0.2, 0.25) is 0 Å². The van der Waals surface area contributed by atoms with Gasteiger partial charge in [0.2, 0.25) is 11.8 Å². The fourth-order valence-corrected chi connectivity index (χ4v) is 3.65. The third-order valence-corrected chi connectivity index (χ3v) is 5.24. The van der Waals surface area contributed by atoms with E-state index in [1.54, 1.807) is 4.90 Å². The molecule has 2 aromatic rings. The van der Waals surface area contributed by atoms with Gasteiger partial charge in [-0.25, -0.2) is 0 Å². The van der Waals surface area contributed by atoms with E-state index in [0.29, 0.717) is 19.5 Å². The lowest BCUT2D eigenvalue weighted by Gasteiger charge is -2.36. The molecule has 1 atom stereocenters. The molecule has 2 amide bonds. The second-order valence-electron chi connectivity index (χ2n) is 7.18. The van der Waals surface area contributed by atoms with Crippen LogP contribution in [0.3, 0.4) is 0 Å². The molecule has 0 aromatic heterocycles. The highest BCUT2D eigenvalue weighted by Gasteiger charge is 2.34. The zero-order valence-corrected chi connectivity index (χ0v) is 17.9. The first-order valence-electron chi connectivity index (χ1n) is 10.1. The topological polar surface area (TPSA) is 87.7 Å². The van der Waals surface area contributed by atoms with Gasteiger partial charge in [-0.05, 0) is 23.3 Å². The van der Waals surface area contributed by atoms with Gasteiger partial charge in [0.05, 0.1) is 19.4 Å². The Morgan fingerprint density at radius 2 is 1.71 bits per heavy atom. The Bertz CT molecular complexity index is 921. The van der Waals surface area contributed by atoms with Crippen LogP contribution in [-0.2, 0) is 32.0 Å². The number of nitrogens with one attached hydrogen (secondary N) is 2. The van der Waals surface area contributed by atoms with Crippen molar-refractivity contribution in [3.8, 4) is 0 Å². The first-order chi connectivity index (χ1) is 15.0. The molecule has 2 N–H and O–H groups in total. The molecule has 8 heteroatoms. The molecule has 3 rings (SSSR count). The van der Waals surface area contributed by atoms with Crippen LogP contribution in [0.15, 0.2) is 60.7 Å². The Kier molecular flexibility index (Phi) is 8.12. The van der Waals surface area contributed by atoms with E-state index in [2.05, 4.69) is 10.6 Å². The highest BCUT2D eigenvalue weighted by Crippen LogP contribution is 2.11. The van der Waals surface area contributed by atoms with E-state index >= 15 is 0 Å². The molecule has 2 aromatic carbocycles. The molecule has 0 spiro atoms. The molecule has 7 nitrogen and oxygen atoms in total. The van der Waals surface area contributed by atoms with Crippen molar-refractivity contribution >= 4 is 35.1 Å². The number of benzene rings is 2. The van der Waals surface area contributed by atoms with E-state index in [1.165, 1.54) is 0 Å². The molecule has 0 bridgehead atoms. The zero-order chi connectivity index (χ0) is 22.1. The van der Waals surface area contributed by atoms with Crippen molar-refractivity contribution in [2.75, 3.05) is 19.7 Å². The van der Waals surface area contributed by atoms with E-state index in [1.807, 2.05) is 60.7 Å². The molecule has 0 radical (unpaired) electrons. The third kappa shape index (κ3) is 6.89. The summed E-state index contributed by atoms with van der Waals surface area (Å²) in [5, 5.41) is 5.55. The molecule has 1 aliphatic heterocycles. The van der Waals surface area contributed by atoms with Crippen molar-refractivity contribution in [2.24, 2.45) is 0 Å². The highest BCUT2D eigenvalue weighted by molar-refractivity contribution is 7.80. The third-order valence-electron chi connectivity index (χ3n) is 4.90. The molecule has 1 unspecified atom stereocenters. The zero-order valence-electron chi connectivity index (χ0n) is 17.1. The van der Waals surface area contributed by atoms with Crippen LogP contribution in [-0.4, -0.2) is 53.5 Å². The maximum absolute atomic E-state index is 12.4. The fourth-order valence-electron chi connectivity index (χ4n) is 3.32. The number of piperazine rings is 1. The number of hydrogen-bond donors (Lipinski definition) is 2. The first kappa shape index (κ1) is 22.4. The summed E-state index contributed by atoms with van der Waals surface area (Å²) in [6.45, 7) is 1.01. The summed E-state index contributed by atoms with van der Waals surface area (Å²) in [6, 6.07) is 18.2. The van der Waals surface area contributed by atoms with Gasteiger partial charge in [-0.1, -0.05) is 60.7 Å². The van der Waals surface area contributed by atoms with Crippen molar-refractivity contribution in [3.05, 3.63) is 71.8 Å². The monoisotopic (exact) mass is 439 g/mol. The Morgan fingerprint density at radius 1 is 1.06 bits per heavy atom. The first-order valence-corrected chi connectivity index (χ1v) is 10.6. The maximum atomic E-state index is 12.4. The van der Waals surface area contributed by atoms with Crippen molar-refractivity contribution in [3.63, 3.8) is 0 Å². The minimum Gasteiger partial charge on any atom is -0.465 e. The predicted molar refractivity (Wildman–Crippen MR) is 120 cm³/mol. The molecule has 1 heterocycles. The molecule has 1 saturated heterocycles. The Labute approximate surface area is 186 Å². The van der Waals surface area contributed by atoms with Crippen molar-refractivity contribution in [2.45, 2.75) is 25.3 Å². The smallest absolute Gasteiger partial charge is 0.308 e. The number of ether oxygens (including phenoxy) is 1. The molecular formula is C23H25N3O4S. The maximum Gasteiger partial charge on any atom is 0.308 e. The molecule has 1 aliphatic rings. The largest absolute Gasteiger partial charge is 0.465 e. The van der Waals surface area contributed by atoms with E-state index < -0.39 is 12.0 Å². The molecule has 0 aliphatic carbocycles. The average Bonchev–Trinajstić information content (AvgIpc) is 2.76. The summed E-state index contributed by atoms with van der Waals surface area (Å²) in [7, 11) is 0. The summed E-state index contributed by atoms with van der Waals surface area (Å²) in [6.07, 6.45) is 0.629. The van der Waals surface area contributed by atoms with Crippen molar-refractivity contribution < 1.29 is 19.1 Å². The number of rotatable bonds is 7. The van der Waals surface area contributed by atoms with Crippen LogP contribution in [0.1, 0.15) is 17.5 Å². The quantitative estimate of drug-likeness (QED) is 0.504. The van der Waals surface area contributed by atoms with Gasteiger partial charge < -0.3 is 20.3 Å².